The molecule has 1 aliphatic rings. The minimum atomic E-state index is -0.576. The maximum atomic E-state index is 12.3. The van der Waals surface area contributed by atoms with Crippen LogP contribution < -0.4 is 5.32 Å². The Kier molecular flexibility index (Phi) is 5.18. The molecular formula is C15H20BrN2O4+. The quantitative estimate of drug-likeness (QED) is 0.499. The molecule has 22 heavy (non-hydrogen) atoms. The zero-order chi connectivity index (χ0) is 16.3. The number of nitro groups is 1. The number of halogens is 1. The zero-order valence-corrected chi connectivity index (χ0v) is 14.3. The van der Waals surface area contributed by atoms with E-state index in [2.05, 4.69) is 21.2 Å². The minimum Gasteiger partial charge on any atom is -0.456 e. The summed E-state index contributed by atoms with van der Waals surface area (Å²) < 4.78 is 5.99. The Hall–Kier alpha value is -1.47. The van der Waals surface area contributed by atoms with Gasteiger partial charge in [0.05, 0.1) is 28.0 Å². The Bertz CT molecular complexity index is 583. The number of benzene rings is 1. The standard InChI is InChI=1S/C15H19BrN2O4/c1-15(2,11-5-7-17-8-6-11)22-14(19)10-3-4-12(16)13(9-10)18(20)21/h3-4,9,11,17H,5-8H2,1-2H3/p+1. The Morgan fingerprint density at radius 1 is 1.41 bits per heavy atom. The molecule has 1 aliphatic heterocycles. The van der Waals surface area contributed by atoms with Crippen LogP contribution in [0, 0.1) is 16.0 Å². The number of ether oxygens (including phenoxy) is 1. The first-order valence-electron chi connectivity index (χ1n) is 7.30. The van der Waals surface area contributed by atoms with Crippen molar-refractivity contribution in [1.29, 1.82) is 0 Å². The molecule has 1 heterocycles. The van der Waals surface area contributed by atoms with Crippen LogP contribution in [0.3, 0.4) is 0 Å². The fraction of sp³-hybridized carbons (Fsp3) is 0.533. The number of carbonyl (C=O) groups excluding carboxylic acids is 1. The number of carbonyl (C=O) groups is 1. The molecule has 6 nitrogen and oxygen atoms in total. The molecule has 0 radical (unpaired) electrons. The lowest BCUT2D eigenvalue weighted by molar-refractivity contribution is -0.665. The van der Waals surface area contributed by atoms with E-state index in [9.17, 15) is 14.9 Å². The van der Waals surface area contributed by atoms with Gasteiger partial charge in [0.25, 0.3) is 5.69 Å². The summed E-state index contributed by atoms with van der Waals surface area (Å²) in [4.78, 5) is 22.7. The number of nitro benzene ring substituents is 1. The number of esters is 1. The fourth-order valence-electron chi connectivity index (χ4n) is 2.78. The number of piperidine rings is 1. The Morgan fingerprint density at radius 3 is 2.64 bits per heavy atom. The average molecular weight is 372 g/mol. The molecule has 1 fully saturated rings. The van der Waals surface area contributed by atoms with Gasteiger partial charge in [0.15, 0.2) is 0 Å². The van der Waals surface area contributed by atoms with E-state index in [1.54, 1.807) is 0 Å². The van der Waals surface area contributed by atoms with Crippen LogP contribution >= 0.6 is 15.9 Å². The fourth-order valence-corrected chi connectivity index (χ4v) is 3.17. The molecule has 0 aromatic heterocycles. The second-order valence-corrected chi connectivity index (χ2v) is 6.91. The summed E-state index contributed by atoms with van der Waals surface area (Å²) in [7, 11) is 0. The first-order valence-corrected chi connectivity index (χ1v) is 8.09. The predicted molar refractivity (Wildman–Crippen MR) is 84.7 cm³/mol. The van der Waals surface area contributed by atoms with Crippen LogP contribution in [0.5, 0.6) is 0 Å². The molecule has 1 aromatic carbocycles. The summed E-state index contributed by atoms with van der Waals surface area (Å²) in [5.41, 5.74) is -0.516. The van der Waals surface area contributed by atoms with Gasteiger partial charge in [-0.3, -0.25) is 10.1 Å². The van der Waals surface area contributed by atoms with Gasteiger partial charge in [-0.15, -0.1) is 0 Å². The van der Waals surface area contributed by atoms with Crippen molar-refractivity contribution in [3.05, 3.63) is 38.3 Å². The maximum absolute atomic E-state index is 12.3. The lowest BCUT2D eigenvalue weighted by atomic mass is 9.83. The highest BCUT2D eigenvalue weighted by atomic mass is 79.9. The lowest BCUT2D eigenvalue weighted by Gasteiger charge is -2.35. The minimum absolute atomic E-state index is 0.139. The van der Waals surface area contributed by atoms with Gasteiger partial charge in [-0.2, -0.15) is 0 Å². The highest BCUT2D eigenvalue weighted by molar-refractivity contribution is 9.10. The van der Waals surface area contributed by atoms with Crippen molar-refractivity contribution >= 4 is 27.6 Å². The third kappa shape index (κ3) is 3.84. The SMILES string of the molecule is CC(C)(OC(=O)c1ccc(Br)c([N+](=O)[O-])c1)C1CC[NH2+]CC1. The Morgan fingerprint density at radius 2 is 2.05 bits per heavy atom. The zero-order valence-electron chi connectivity index (χ0n) is 12.7. The van der Waals surface area contributed by atoms with Crippen LogP contribution in [0.1, 0.15) is 37.0 Å². The molecule has 0 spiro atoms. The summed E-state index contributed by atoms with van der Waals surface area (Å²) >= 11 is 3.11. The number of hydrogen-bond acceptors (Lipinski definition) is 4. The van der Waals surface area contributed by atoms with E-state index in [4.69, 9.17) is 4.74 Å². The molecule has 2 N–H and O–H groups in total. The van der Waals surface area contributed by atoms with Crippen molar-refractivity contribution in [2.45, 2.75) is 32.3 Å². The van der Waals surface area contributed by atoms with Crippen molar-refractivity contribution in [3.8, 4) is 0 Å². The van der Waals surface area contributed by atoms with Gasteiger partial charge in [-0.1, -0.05) is 0 Å². The van der Waals surface area contributed by atoms with Crippen molar-refractivity contribution < 1.29 is 19.8 Å². The molecule has 0 saturated carbocycles. The molecular weight excluding hydrogens is 352 g/mol. The first kappa shape index (κ1) is 16.9. The van der Waals surface area contributed by atoms with Crippen molar-refractivity contribution in [2.75, 3.05) is 13.1 Å². The van der Waals surface area contributed by atoms with Crippen LogP contribution in [0.2, 0.25) is 0 Å². The van der Waals surface area contributed by atoms with Crippen LogP contribution in [0.25, 0.3) is 0 Å². The highest BCUT2D eigenvalue weighted by Gasteiger charge is 2.35. The smallest absolute Gasteiger partial charge is 0.338 e. The topological polar surface area (TPSA) is 86.0 Å². The Labute approximate surface area is 137 Å². The highest BCUT2D eigenvalue weighted by Crippen LogP contribution is 2.30. The molecule has 1 aromatic rings. The van der Waals surface area contributed by atoms with E-state index in [1.807, 2.05) is 13.8 Å². The van der Waals surface area contributed by atoms with E-state index >= 15 is 0 Å². The van der Waals surface area contributed by atoms with E-state index < -0.39 is 16.5 Å². The van der Waals surface area contributed by atoms with Gasteiger partial charge in [-0.25, -0.2) is 4.79 Å². The van der Waals surface area contributed by atoms with Crippen LogP contribution in [-0.4, -0.2) is 29.6 Å². The predicted octanol–water partition coefficient (Wildman–Crippen LogP) is 2.27. The molecule has 7 heteroatoms. The molecule has 0 aliphatic carbocycles. The van der Waals surface area contributed by atoms with Gasteiger partial charge in [0.1, 0.15) is 5.60 Å². The summed E-state index contributed by atoms with van der Waals surface area (Å²) in [6, 6.07) is 4.28. The van der Waals surface area contributed by atoms with Gasteiger partial charge < -0.3 is 10.1 Å². The molecule has 0 amide bonds. The molecule has 1 saturated heterocycles. The number of nitrogens with two attached hydrogens (primary N) is 1. The first-order chi connectivity index (χ1) is 10.3. The van der Waals surface area contributed by atoms with Crippen molar-refractivity contribution in [3.63, 3.8) is 0 Å². The van der Waals surface area contributed by atoms with E-state index in [0.717, 1.165) is 25.9 Å². The molecule has 0 atom stereocenters. The van der Waals surface area contributed by atoms with Crippen molar-refractivity contribution in [2.24, 2.45) is 5.92 Å². The van der Waals surface area contributed by atoms with E-state index in [-0.39, 0.29) is 11.3 Å². The van der Waals surface area contributed by atoms with Gasteiger partial charge in [-0.05, 0) is 41.9 Å². The number of hydrogen-bond donors (Lipinski definition) is 1. The molecule has 0 unspecified atom stereocenters. The second kappa shape index (κ2) is 6.75. The normalized spacial score (nSPS) is 16.3. The third-order valence-electron chi connectivity index (χ3n) is 4.16. The van der Waals surface area contributed by atoms with Gasteiger partial charge in [0.2, 0.25) is 0 Å². The van der Waals surface area contributed by atoms with Gasteiger partial charge >= 0.3 is 5.97 Å². The lowest BCUT2D eigenvalue weighted by Crippen LogP contribution is -2.86. The molecule has 2 rings (SSSR count). The molecule has 0 bridgehead atoms. The van der Waals surface area contributed by atoms with Crippen LogP contribution in [0.4, 0.5) is 5.69 Å². The number of nitrogens with zero attached hydrogens (tertiary/aromatic N) is 1. The number of quaternary nitrogens is 1. The maximum Gasteiger partial charge on any atom is 0.338 e. The van der Waals surface area contributed by atoms with E-state index in [0.29, 0.717) is 10.4 Å². The monoisotopic (exact) mass is 371 g/mol. The summed E-state index contributed by atoms with van der Waals surface area (Å²) in [5.74, 6) is -0.206. The largest absolute Gasteiger partial charge is 0.456 e. The molecule has 120 valence electrons. The Balaban J connectivity index is 2.14. The van der Waals surface area contributed by atoms with E-state index in [1.165, 1.54) is 18.2 Å². The number of rotatable bonds is 4. The van der Waals surface area contributed by atoms with Crippen molar-refractivity contribution in [1.82, 2.24) is 0 Å². The third-order valence-corrected chi connectivity index (χ3v) is 4.83. The van der Waals surface area contributed by atoms with Crippen LogP contribution in [0.15, 0.2) is 22.7 Å². The summed E-state index contributed by atoms with van der Waals surface area (Å²) in [6.45, 7) is 5.90. The summed E-state index contributed by atoms with van der Waals surface area (Å²) in [6.07, 6.45) is 2.00. The average Bonchev–Trinajstić information content (AvgIpc) is 2.47. The van der Waals surface area contributed by atoms with Gasteiger partial charge in [0, 0.05) is 24.8 Å². The summed E-state index contributed by atoms with van der Waals surface area (Å²) in [5, 5.41) is 13.2. The second-order valence-electron chi connectivity index (χ2n) is 6.06. The van der Waals surface area contributed by atoms with Crippen LogP contribution in [-0.2, 0) is 4.74 Å².